The van der Waals surface area contributed by atoms with Gasteiger partial charge < -0.3 is 9.64 Å². The number of anilines is 3. The molecule has 5 heteroatoms. The lowest BCUT2D eigenvalue weighted by Crippen LogP contribution is -2.30. The van der Waals surface area contributed by atoms with Gasteiger partial charge in [-0.25, -0.2) is 4.98 Å². The Morgan fingerprint density at radius 2 is 1.29 bits per heavy atom. The van der Waals surface area contributed by atoms with Crippen LogP contribution in [0.4, 0.5) is 17.1 Å². The second kappa shape index (κ2) is 11.0. The highest BCUT2D eigenvalue weighted by Gasteiger charge is 2.37. The van der Waals surface area contributed by atoms with Gasteiger partial charge in [-0.3, -0.25) is 9.55 Å². The van der Waals surface area contributed by atoms with Gasteiger partial charge in [-0.1, -0.05) is 74.5 Å². The SMILES string of the molecule is CC1(C)c2ccccc2N(c2ccccc2)c2cc3c4cccnc4n(-c4cccc(Oc5cccc(-c6ccccn6)c5)c4)c3cc21. The molecule has 0 fully saturated rings. The van der Waals surface area contributed by atoms with Crippen molar-refractivity contribution in [3.05, 3.63) is 169 Å². The number of pyridine rings is 2. The minimum Gasteiger partial charge on any atom is -0.457 e. The highest BCUT2D eigenvalue weighted by Crippen LogP contribution is 2.53. The van der Waals surface area contributed by atoms with Crippen molar-refractivity contribution in [1.82, 2.24) is 14.5 Å². The summed E-state index contributed by atoms with van der Waals surface area (Å²) in [5.41, 5.74) is 10.8. The largest absolute Gasteiger partial charge is 0.457 e. The summed E-state index contributed by atoms with van der Waals surface area (Å²) in [6.45, 7) is 4.66. The maximum Gasteiger partial charge on any atom is 0.145 e. The topological polar surface area (TPSA) is 43.2 Å². The summed E-state index contributed by atoms with van der Waals surface area (Å²) < 4.78 is 8.73. The molecular formula is C43H32N4O. The molecule has 0 amide bonds. The summed E-state index contributed by atoms with van der Waals surface area (Å²) in [5.74, 6) is 1.50. The lowest BCUT2D eigenvalue weighted by atomic mass is 9.73. The van der Waals surface area contributed by atoms with E-state index in [9.17, 15) is 0 Å². The van der Waals surface area contributed by atoms with Crippen LogP contribution < -0.4 is 9.64 Å². The summed E-state index contributed by atoms with van der Waals surface area (Å²) >= 11 is 0. The first-order chi connectivity index (χ1) is 23.6. The molecule has 230 valence electrons. The van der Waals surface area contributed by atoms with Crippen molar-refractivity contribution in [1.29, 1.82) is 0 Å². The summed E-state index contributed by atoms with van der Waals surface area (Å²) in [6.07, 6.45) is 3.68. The quantitative estimate of drug-likeness (QED) is 0.192. The zero-order chi connectivity index (χ0) is 32.2. The van der Waals surface area contributed by atoms with E-state index in [1.807, 2.05) is 67.0 Å². The highest BCUT2D eigenvalue weighted by atomic mass is 16.5. The average Bonchev–Trinajstić information content (AvgIpc) is 3.46. The average molecular weight is 621 g/mol. The Labute approximate surface area is 279 Å². The molecule has 0 saturated heterocycles. The number of hydrogen-bond donors (Lipinski definition) is 0. The van der Waals surface area contributed by atoms with Crippen LogP contribution in [-0.4, -0.2) is 14.5 Å². The van der Waals surface area contributed by atoms with Crippen molar-refractivity contribution in [3.8, 4) is 28.4 Å². The molecule has 48 heavy (non-hydrogen) atoms. The van der Waals surface area contributed by atoms with Gasteiger partial charge in [0.05, 0.1) is 28.3 Å². The molecular weight excluding hydrogens is 589 g/mol. The monoisotopic (exact) mass is 620 g/mol. The second-order valence-corrected chi connectivity index (χ2v) is 12.8. The first-order valence-electron chi connectivity index (χ1n) is 16.2. The molecule has 8 aromatic rings. The second-order valence-electron chi connectivity index (χ2n) is 12.8. The van der Waals surface area contributed by atoms with E-state index in [0.29, 0.717) is 0 Å². The Hall–Kier alpha value is -6.20. The Bertz CT molecular complexity index is 2470. The van der Waals surface area contributed by atoms with Gasteiger partial charge in [0.15, 0.2) is 0 Å². The lowest BCUT2D eigenvalue weighted by Gasteiger charge is -2.42. The molecule has 5 aromatic carbocycles. The molecule has 9 rings (SSSR count). The van der Waals surface area contributed by atoms with Crippen LogP contribution in [0.3, 0.4) is 0 Å². The Kier molecular flexibility index (Phi) is 6.40. The third-order valence-corrected chi connectivity index (χ3v) is 9.50. The fraction of sp³-hybridized carbons (Fsp3) is 0.0698. The van der Waals surface area contributed by atoms with Crippen LogP contribution in [0.2, 0.25) is 0 Å². The third-order valence-electron chi connectivity index (χ3n) is 9.50. The van der Waals surface area contributed by atoms with Crippen molar-refractivity contribution >= 4 is 39.0 Å². The van der Waals surface area contributed by atoms with Crippen molar-refractivity contribution < 1.29 is 4.74 Å². The van der Waals surface area contributed by atoms with Crippen LogP contribution in [0.15, 0.2) is 158 Å². The first-order valence-corrected chi connectivity index (χ1v) is 16.2. The fourth-order valence-electron chi connectivity index (χ4n) is 7.23. The van der Waals surface area contributed by atoms with E-state index < -0.39 is 0 Å². The Morgan fingerprint density at radius 1 is 0.542 bits per heavy atom. The first kappa shape index (κ1) is 28.1. The van der Waals surface area contributed by atoms with Crippen LogP contribution in [0.5, 0.6) is 11.5 Å². The molecule has 0 bridgehead atoms. The molecule has 0 aliphatic carbocycles. The van der Waals surface area contributed by atoms with E-state index in [0.717, 1.165) is 56.1 Å². The van der Waals surface area contributed by atoms with Crippen molar-refractivity contribution in [2.45, 2.75) is 19.3 Å². The molecule has 0 atom stereocenters. The van der Waals surface area contributed by atoms with E-state index in [-0.39, 0.29) is 5.41 Å². The molecule has 0 spiro atoms. The number of hydrogen-bond acceptors (Lipinski definition) is 4. The van der Waals surface area contributed by atoms with Gasteiger partial charge in [0.25, 0.3) is 0 Å². The van der Waals surface area contributed by atoms with Gasteiger partial charge in [0.1, 0.15) is 17.1 Å². The summed E-state index contributed by atoms with van der Waals surface area (Å²) in [4.78, 5) is 11.8. The predicted octanol–water partition coefficient (Wildman–Crippen LogP) is 11.1. The number of rotatable bonds is 5. The smallest absolute Gasteiger partial charge is 0.145 e. The van der Waals surface area contributed by atoms with Crippen LogP contribution >= 0.6 is 0 Å². The van der Waals surface area contributed by atoms with Crippen LogP contribution in [0.1, 0.15) is 25.0 Å². The minimum absolute atomic E-state index is 0.232. The third kappa shape index (κ3) is 4.47. The highest BCUT2D eigenvalue weighted by molar-refractivity contribution is 6.10. The normalized spacial score (nSPS) is 13.3. The number of aromatic nitrogens is 3. The van der Waals surface area contributed by atoms with Crippen molar-refractivity contribution in [2.75, 3.05) is 4.90 Å². The zero-order valence-corrected chi connectivity index (χ0v) is 26.7. The van der Waals surface area contributed by atoms with Crippen LogP contribution in [0.25, 0.3) is 38.9 Å². The molecule has 0 N–H and O–H groups in total. The number of para-hydroxylation sites is 2. The summed E-state index contributed by atoms with van der Waals surface area (Å²) in [5, 5.41) is 2.26. The van der Waals surface area contributed by atoms with Gasteiger partial charge in [-0.2, -0.15) is 0 Å². The van der Waals surface area contributed by atoms with Crippen LogP contribution in [-0.2, 0) is 5.41 Å². The number of nitrogens with zero attached hydrogens (tertiary/aromatic N) is 4. The van der Waals surface area contributed by atoms with Gasteiger partial charge in [0.2, 0.25) is 0 Å². The van der Waals surface area contributed by atoms with E-state index >= 15 is 0 Å². The molecule has 0 radical (unpaired) electrons. The van der Waals surface area contributed by atoms with Crippen molar-refractivity contribution in [2.24, 2.45) is 0 Å². The maximum atomic E-state index is 6.46. The molecule has 1 aliphatic rings. The standard InChI is InChI=1S/C43H32N4O/c1-43(2)36-20-6-7-22-39(36)46(30-14-4-3-5-15-30)41-27-35-34-19-12-24-45-42(34)47(40(35)28-37(41)43)31-16-11-18-33(26-31)48-32-17-10-13-29(25-32)38-21-8-9-23-44-38/h3-28H,1-2H3. The molecule has 5 nitrogen and oxygen atoms in total. The zero-order valence-electron chi connectivity index (χ0n) is 26.7. The molecule has 1 aliphatic heterocycles. The molecule has 3 aromatic heterocycles. The predicted molar refractivity (Wildman–Crippen MR) is 195 cm³/mol. The number of fused-ring (bicyclic) bond motifs is 5. The van der Waals surface area contributed by atoms with E-state index in [2.05, 4.69) is 119 Å². The Morgan fingerprint density at radius 3 is 2.15 bits per heavy atom. The summed E-state index contributed by atoms with van der Waals surface area (Å²) in [6, 6.07) is 50.6. The van der Waals surface area contributed by atoms with Crippen LogP contribution in [0, 0.1) is 0 Å². The van der Waals surface area contributed by atoms with E-state index in [1.165, 1.54) is 22.5 Å². The minimum atomic E-state index is -0.232. The van der Waals surface area contributed by atoms with E-state index in [1.54, 1.807) is 0 Å². The number of ether oxygens (including phenoxy) is 1. The van der Waals surface area contributed by atoms with Gasteiger partial charge in [-0.15, -0.1) is 0 Å². The van der Waals surface area contributed by atoms with Crippen molar-refractivity contribution in [3.63, 3.8) is 0 Å². The molecule has 4 heterocycles. The van der Waals surface area contributed by atoms with Gasteiger partial charge in [-0.05, 0) is 90.0 Å². The maximum absolute atomic E-state index is 6.46. The van der Waals surface area contributed by atoms with E-state index in [4.69, 9.17) is 9.72 Å². The summed E-state index contributed by atoms with van der Waals surface area (Å²) in [7, 11) is 0. The molecule has 0 unspecified atom stereocenters. The fourth-order valence-corrected chi connectivity index (χ4v) is 7.23. The lowest BCUT2D eigenvalue weighted by molar-refractivity contribution is 0.482. The molecule has 0 saturated carbocycles. The van der Waals surface area contributed by atoms with Gasteiger partial charge in [0, 0.05) is 45.9 Å². The Balaban J connectivity index is 1.22. The number of benzene rings is 5. The van der Waals surface area contributed by atoms with Gasteiger partial charge >= 0.3 is 0 Å².